The Bertz CT molecular complexity index is 1870. The van der Waals surface area contributed by atoms with E-state index in [0.717, 1.165) is 70.3 Å². The number of rotatable bonds is 7. The van der Waals surface area contributed by atoms with Crippen molar-refractivity contribution < 1.29 is 56.0 Å². The number of alkyl halides is 6. The van der Waals surface area contributed by atoms with E-state index >= 15 is 0 Å². The second-order valence-electron chi connectivity index (χ2n) is 9.20. The monoisotopic (exact) mass is 632 g/mol. The highest BCUT2D eigenvalue weighted by atomic mass is 19.4. The van der Waals surface area contributed by atoms with Crippen molar-refractivity contribution in [3.63, 3.8) is 0 Å². The summed E-state index contributed by atoms with van der Waals surface area (Å²) in [4.78, 5) is 34.8. The van der Waals surface area contributed by atoms with Gasteiger partial charge in [-0.25, -0.2) is 23.7 Å². The molecule has 2 heterocycles. The van der Waals surface area contributed by atoms with Crippen molar-refractivity contribution in [3.8, 4) is 33.9 Å². The van der Waals surface area contributed by atoms with Crippen LogP contribution >= 0.6 is 0 Å². The first-order chi connectivity index (χ1) is 21.1. The molecule has 0 saturated carbocycles. The van der Waals surface area contributed by atoms with E-state index in [0.29, 0.717) is 0 Å². The number of hydrogen-bond donors (Lipinski definition) is 3. The normalized spacial score (nSPS) is 11.9. The summed E-state index contributed by atoms with van der Waals surface area (Å²) in [7, 11) is 0. The van der Waals surface area contributed by atoms with Crippen LogP contribution in [0.15, 0.2) is 67.0 Å². The summed E-state index contributed by atoms with van der Waals surface area (Å²) in [6, 6.07) is 9.01. The van der Waals surface area contributed by atoms with E-state index in [1.807, 2.05) is 0 Å². The van der Waals surface area contributed by atoms with Gasteiger partial charge in [-0.05, 0) is 30.3 Å². The van der Waals surface area contributed by atoms with Crippen molar-refractivity contribution in [2.45, 2.75) is 12.4 Å². The van der Waals surface area contributed by atoms with Gasteiger partial charge in [0.05, 0.1) is 51.6 Å². The molecule has 0 atom stereocenters. The fourth-order valence-corrected chi connectivity index (χ4v) is 4.51. The van der Waals surface area contributed by atoms with Gasteiger partial charge in [-0.1, -0.05) is 34.7 Å². The number of hydrogen-bond acceptors (Lipinski definition) is 7. The van der Waals surface area contributed by atoms with Gasteiger partial charge in [0.25, 0.3) is 0 Å². The first kappa shape index (κ1) is 30.4. The molecule has 0 spiro atoms. The van der Waals surface area contributed by atoms with Crippen molar-refractivity contribution in [1.82, 2.24) is 30.0 Å². The Kier molecular flexibility index (Phi) is 7.35. The lowest BCUT2D eigenvalue weighted by Gasteiger charge is -2.14. The summed E-state index contributed by atoms with van der Waals surface area (Å²) < 4.78 is 84.9. The Hall–Kier alpha value is -6.07. The number of nitrogens with zero attached hydrogens (tertiary/aromatic N) is 6. The SMILES string of the molecule is O=C(O)c1cc(-n2cc(-c3cccc(C(=O)O)c3C(F)(F)F)nn2)cc(-n2cc(-c3cccc(C(=O)O)c3C(F)(F)F)nn2)c1. The van der Waals surface area contributed by atoms with Gasteiger partial charge in [0, 0.05) is 11.1 Å². The van der Waals surface area contributed by atoms with Crippen LogP contribution in [0.2, 0.25) is 0 Å². The van der Waals surface area contributed by atoms with Gasteiger partial charge in [-0.15, -0.1) is 10.2 Å². The fraction of sp³-hybridized carbons (Fsp3) is 0.0741. The van der Waals surface area contributed by atoms with Crippen LogP contribution in [0.1, 0.15) is 42.2 Å². The molecule has 2 aromatic heterocycles. The van der Waals surface area contributed by atoms with Crippen LogP contribution in [0.25, 0.3) is 33.9 Å². The molecule has 12 nitrogen and oxygen atoms in total. The van der Waals surface area contributed by atoms with E-state index in [1.54, 1.807) is 0 Å². The van der Waals surface area contributed by atoms with Gasteiger partial charge in [-0.2, -0.15) is 26.3 Å². The molecule has 0 amide bonds. The van der Waals surface area contributed by atoms with E-state index in [9.17, 15) is 56.0 Å². The number of halogens is 6. The summed E-state index contributed by atoms with van der Waals surface area (Å²) in [6.07, 6.45) is -8.21. The van der Waals surface area contributed by atoms with Crippen molar-refractivity contribution >= 4 is 17.9 Å². The lowest BCUT2D eigenvalue weighted by atomic mass is 9.98. The number of aromatic nitrogens is 6. The smallest absolute Gasteiger partial charge is 0.417 e. The van der Waals surface area contributed by atoms with E-state index < -0.39 is 80.6 Å². The quantitative estimate of drug-likeness (QED) is 0.200. The highest BCUT2D eigenvalue weighted by Crippen LogP contribution is 2.40. The number of benzene rings is 3. The van der Waals surface area contributed by atoms with Crippen LogP contribution in [0.5, 0.6) is 0 Å². The summed E-state index contributed by atoms with van der Waals surface area (Å²) in [6.45, 7) is 0. The molecule has 5 aromatic rings. The minimum atomic E-state index is -5.09. The Morgan fingerprint density at radius 2 is 1.00 bits per heavy atom. The third-order valence-electron chi connectivity index (χ3n) is 6.37. The van der Waals surface area contributed by atoms with Gasteiger partial charge in [0.15, 0.2) is 0 Å². The zero-order valence-electron chi connectivity index (χ0n) is 21.9. The molecule has 18 heteroatoms. The first-order valence-electron chi connectivity index (χ1n) is 12.2. The molecule has 45 heavy (non-hydrogen) atoms. The van der Waals surface area contributed by atoms with E-state index in [-0.39, 0.29) is 11.4 Å². The molecule has 0 fully saturated rings. The number of aromatic carboxylic acids is 3. The summed E-state index contributed by atoms with van der Waals surface area (Å²) in [5.74, 6) is -5.14. The molecule has 0 unspecified atom stereocenters. The van der Waals surface area contributed by atoms with E-state index in [2.05, 4.69) is 20.6 Å². The zero-order valence-corrected chi connectivity index (χ0v) is 21.9. The maximum absolute atomic E-state index is 13.9. The Labute approximate surface area is 245 Å². The third-order valence-corrected chi connectivity index (χ3v) is 6.37. The van der Waals surface area contributed by atoms with Gasteiger partial charge in [-0.3, -0.25) is 0 Å². The molecule has 0 radical (unpaired) electrons. The second kappa shape index (κ2) is 10.9. The Morgan fingerprint density at radius 3 is 1.33 bits per heavy atom. The molecule has 0 aliphatic carbocycles. The molecule has 3 N–H and O–H groups in total. The van der Waals surface area contributed by atoms with Crippen molar-refractivity contribution in [2.75, 3.05) is 0 Å². The molecular formula is C27H14F6N6O6. The lowest BCUT2D eigenvalue weighted by molar-refractivity contribution is -0.138. The van der Waals surface area contributed by atoms with Gasteiger partial charge in [0.1, 0.15) is 11.4 Å². The van der Waals surface area contributed by atoms with Gasteiger partial charge in [0.2, 0.25) is 0 Å². The Balaban J connectivity index is 1.61. The van der Waals surface area contributed by atoms with Gasteiger partial charge < -0.3 is 15.3 Å². The van der Waals surface area contributed by atoms with Crippen LogP contribution < -0.4 is 0 Å². The summed E-state index contributed by atoms with van der Waals surface area (Å²) in [5, 5.41) is 43.1. The molecule has 0 saturated heterocycles. The molecular weight excluding hydrogens is 618 g/mol. The average molecular weight is 632 g/mol. The Morgan fingerprint density at radius 1 is 0.600 bits per heavy atom. The standard InChI is InChI=1S/C27H14F6N6O6/c28-26(29,30)21-15(3-1-5-17(21)24(42)43)19-10-38(36-34-19)13-7-12(23(40)41)8-14(9-13)39-11-20(35-37-39)16-4-2-6-18(25(44)45)22(16)27(31,32)33/h1-11H,(H,40,41)(H,42,43)(H,44,45). The zero-order chi connectivity index (χ0) is 32.8. The molecule has 230 valence electrons. The highest BCUT2D eigenvalue weighted by Gasteiger charge is 2.40. The summed E-state index contributed by atoms with van der Waals surface area (Å²) in [5.41, 5.74) is -7.66. The predicted octanol–water partition coefficient (Wildman–Crippen LogP) is 5.31. The fourth-order valence-electron chi connectivity index (χ4n) is 4.51. The number of carbonyl (C=O) groups is 3. The lowest BCUT2D eigenvalue weighted by Crippen LogP contribution is -2.14. The van der Waals surface area contributed by atoms with Crippen molar-refractivity contribution in [1.29, 1.82) is 0 Å². The molecule has 0 bridgehead atoms. The number of carboxylic acids is 3. The van der Waals surface area contributed by atoms with Crippen LogP contribution in [-0.4, -0.2) is 63.2 Å². The highest BCUT2D eigenvalue weighted by molar-refractivity contribution is 5.93. The second-order valence-corrected chi connectivity index (χ2v) is 9.20. The largest absolute Gasteiger partial charge is 0.478 e. The topological polar surface area (TPSA) is 173 Å². The molecule has 5 rings (SSSR count). The van der Waals surface area contributed by atoms with E-state index in [1.165, 1.54) is 6.07 Å². The first-order valence-corrected chi connectivity index (χ1v) is 12.2. The number of carboxylic acid groups (broad SMARTS) is 3. The van der Waals surface area contributed by atoms with Crippen LogP contribution in [0.4, 0.5) is 26.3 Å². The summed E-state index contributed by atoms with van der Waals surface area (Å²) >= 11 is 0. The van der Waals surface area contributed by atoms with Crippen LogP contribution in [0, 0.1) is 0 Å². The van der Waals surface area contributed by atoms with Crippen molar-refractivity contribution in [2.24, 2.45) is 0 Å². The molecule has 0 aliphatic heterocycles. The average Bonchev–Trinajstić information content (AvgIpc) is 3.66. The maximum Gasteiger partial charge on any atom is 0.417 e. The predicted molar refractivity (Wildman–Crippen MR) is 138 cm³/mol. The van der Waals surface area contributed by atoms with Crippen molar-refractivity contribution in [3.05, 3.63) is 94.8 Å². The molecule has 3 aromatic carbocycles. The minimum Gasteiger partial charge on any atom is -0.478 e. The third kappa shape index (κ3) is 5.79. The van der Waals surface area contributed by atoms with Crippen LogP contribution in [0.3, 0.4) is 0 Å². The van der Waals surface area contributed by atoms with E-state index in [4.69, 9.17) is 0 Å². The van der Waals surface area contributed by atoms with Gasteiger partial charge >= 0.3 is 30.3 Å². The molecule has 0 aliphatic rings. The minimum absolute atomic E-state index is 0.0903. The van der Waals surface area contributed by atoms with Crippen LogP contribution in [-0.2, 0) is 12.4 Å². The maximum atomic E-state index is 13.9.